The number of hydrogen-bond acceptors (Lipinski definition) is 1. The first-order valence-corrected chi connectivity index (χ1v) is 6.63. The minimum atomic E-state index is -1.17. The lowest BCUT2D eigenvalue weighted by Gasteiger charge is -2.16. The maximum Gasteiger partial charge on any atom is 0.130 e. The summed E-state index contributed by atoms with van der Waals surface area (Å²) in [5, 5.41) is 10.8. The van der Waals surface area contributed by atoms with Gasteiger partial charge in [-0.2, -0.15) is 0 Å². The van der Waals surface area contributed by atoms with Crippen LogP contribution in [0.25, 0.3) is 0 Å². The van der Waals surface area contributed by atoms with Crippen LogP contribution in [0.3, 0.4) is 0 Å². The van der Waals surface area contributed by atoms with Crippen LogP contribution in [0.4, 0.5) is 4.39 Å². The van der Waals surface area contributed by atoms with Crippen molar-refractivity contribution in [2.45, 2.75) is 6.10 Å². The highest BCUT2D eigenvalue weighted by Gasteiger charge is 2.21. The molecule has 1 atom stereocenters. The van der Waals surface area contributed by atoms with Crippen molar-refractivity contribution in [1.82, 2.24) is 0 Å². The lowest BCUT2D eigenvalue weighted by atomic mass is 10.0. The van der Waals surface area contributed by atoms with E-state index in [2.05, 4.69) is 15.9 Å². The third-order valence-electron chi connectivity index (χ3n) is 2.55. The fourth-order valence-electron chi connectivity index (χ4n) is 1.66. The van der Waals surface area contributed by atoms with E-state index in [1.165, 1.54) is 6.07 Å². The molecule has 18 heavy (non-hydrogen) atoms. The van der Waals surface area contributed by atoms with Crippen LogP contribution < -0.4 is 0 Å². The highest BCUT2D eigenvalue weighted by molar-refractivity contribution is 9.10. The fraction of sp³-hybridized carbons (Fsp3) is 0.0769. The minimum Gasteiger partial charge on any atom is -0.383 e. The Hall–Kier alpha value is -0.610. The van der Waals surface area contributed by atoms with Crippen LogP contribution in [0.1, 0.15) is 17.2 Å². The summed E-state index contributed by atoms with van der Waals surface area (Å²) in [6, 6.07) is 9.35. The third-order valence-corrected chi connectivity index (χ3v) is 4.07. The average Bonchev–Trinajstić information content (AvgIpc) is 2.32. The molecule has 0 heterocycles. The summed E-state index contributed by atoms with van der Waals surface area (Å²) in [5.41, 5.74) is 0.511. The highest BCUT2D eigenvalue weighted by Crippen LogP contribution is 2.36. The molecule has 0 aromatic heterocycles. The van der Waals surface area contributed by atoms with E-state index in [0.29, 0.717) is 15.1 Å². The molecule has 0 radical (unpaired) electrons. The van der Waals surface area contributed by atoms with E-state index >= 15 is 0 Å². The Kier molecular flexibility index (Phi) is 4.28. The summed E-state index contributed by atoms with van der Waals surface area (Å²) in [4.78, 5) is 0. The molecule has 2 aromatic carbocycles. The van der Waals surface area contributed by atoms with Crippen molar-refractivity contribution in [1.29, 1.82) is 0 Å². The van der Waals surface area contributed by atoms with Gasteiger partial charge in [0.25, 0.3) is 0 Å². The third kappa shape index (κ3) is 2.54. The van der Waals surface area contributed by atoms with E-state index in [0.717, 1.165) is 0 Å². The lowest BCUT2D eigenvalue weighted by molar-refractivity contribution is 0.214. The monoisotopic (exact) mass is 348 g/mol. The van der Waals surface area contributed by atoms with Crippen LogP contribution in [0.2, 0.25) is 10.0 Å². The number of aliphatic hydroxyl groups is 1. The molecule has 1 N–H and O–H groups in total. The molecule has 0 saturated heterocycles. The topological polar surface area (TPSA) is 20.2 Å². The van der Waals surface area contributed by atoms with Crippen LogP contribution in [-0.4, -0.2) is 5.11 Å². The number of halogens is 4. The Morgan fingerprint density at radius 3 is 2.44 bits per heavy atom. The van der Waals surface area contributed by atoms with Gasteiger partial charge in [-0.3, -0.25) is 0 Å². The smallest absolute Gasteiger partial charge is 0.130 e. The molecule has 0 aliphatic carbocycles. The van der Waals surface area contributed by atoms with Crippen molar-refractivity contribution < 1.29 is 9.50 Å². The van der Waals surface area contributed by atoms with Gasteiger partial charge in [-0.05, 0) is 18.2 Å². The number of rotatable bonds is 2. The van der Waals surface area contributed by atoms with Gasteiger partial charge in [-0.1, -0.05) is 57.3 Å². The van der Waals surface area contributed by atoms with E-state index in [9.17, 15) is 9.50 Å². The van der Waals surface area contributed by atoms with Crippen molar-refractivity contribution in [3.05, 3.63) is 67.9 Å². The summed E-state index contributed by atoms with van der Waals surface area (Å²) in [5.74, 6) is -0.507. The van der Waals surface area contributed by atoms with Gasteiger partial charge in [0.1, 0.15) is 11.9 Å². The zero-order valence-electron chi connectivity index (χ0n) is 9.00. The molecule has 5 heteroatoms. The van der Waals surface area contributed by atoms with Gasteiger partial charge in [0, 0.05) is 15.6 Å². The molecule has 0 aliphatic rings. The van der Waals surface area contributed by atoms with Crippen LogP contribution in [0.15, 0.2) is 40.9 Å². The molecule has 0 fully saturated rings. The van der Waals surface area contributed by atoms with Crippen molar-refractivity contribution in [2.75, 3.05) is 0 Å². The van der Waals surface area contributed by atoms with Crippen LogP contribution in [0.5, 0.6) is 0 Å². The van der Waals surface area contributed by atoms with E-state index < -0.39 is 11.9 Å². The molecule has 1 nitrogen and oxygen atoms in total. The SMILES string of the molecule is OC(c1cccc(Cl)c1Cl)c1c(F)cccc1Br. The van der Waals surface area contributed by atoms with Crippen LogP contribution in [0, 0.1) is 5.82 Å². The lowest BCUT2D eigenvalue weighted by Crippen LogP contribution is -2.04. The van der Waals surface area contributed by atoms with Gasteiger partial charge < -0.3 is 5.11 Å². The highest BCUT2D eigenvalue weighted by atomic mass is 79.9. The number of benzene rings is 2. The van der Waals surface area contributed by atoms with Crippen molar-refractivity contribution in [3.8, 4) is 0 Å². The first kappa shape index (κ1) is 13.8. The summed E-state index contributed by atoms with van der Waals surface area (Å²) in [7, 11) is 0. The van der Waals surface area contributed by atoms with Gasteiger partial charge in [0.15, 0.2) is 0 Å². The number of hydrogen-bond donors (Lipinski definition) is 1. The first-order chi connectivity index (χ1) is 8.52. The standard InChI is InChI=1S/C13H8BrCl2FO/c14-8-4-2-6-10(17)11(8)13(18)7-3-1-5-9(15)12(7)16/h1-6,13,18H. The molecule has 0 amide bonds. The zero-order chi connectivity index (χ0) is 13.3. The quantitative estimate of drug-likeness (QED) is 0.810. The summed E-state index contributed by atoms with van der Waals surface area (Å²) in [6.45, 7) is 0. The van der Waals surface area contributed by atoms with Gasteiger partial charge >= 0.3 is 0 Å². The maximum atomic E-state index is 13.8. The molecular formula is C13H8BrCl2FO. The molecule has 2 aromatic rings. The predicted octanol–water partition coefficient (Wildman–Crippen LogP) is 4.98. The Labute approximate surface area is 122 Å². The molecule has 1 unspecified atom stereocenters. The number of aliphatic hydroxyl groups excluding tert-OH is 1. The predicted molar refractivity (Wildman–Crippen MR) is 74.6 cm³/mol. The minimum absolute atomic E-state index is 0.140. The normalized spacial score (nSPS) is 12.5. The Morgan fingerprint density at radius 1 is 1.11 bits per heavy atom. The van der Waals surface area contributed by atoms with Crippen molar-refractivity contribution in [2.24, 2.45) is 0 Å². The van der Waals surface area contributed by atoms with Crippen LogP contribution >= 0.6 is 39.1 Å². The molecule has 0 bridgehead atoms. The maximum absolute atomic E-state index is 13.8. The second-order valence-corrected chi connectivity index (χ2v) is 5.32. The Morgan fingerprint density at radius 2 is 1.78 bits per heavy atom. The summed E-state index contributed by atoms with van der Waals surface area (Å²) >= 11 is 15.1. The second kappa shape index (κ2) is 5.57. The van der Waals surface area contributed by atoms with E-state index in [4.69, 9.17) is 23.2 Å². The Balaban J connectivity index is 2.55. The van der Waals surface area contributed by atoms with E-state index in [1.54, 1.807) is 30.3 Å². The first-order valence-electron chi connectivity index (χ1n) is 5.08. The molecule has 0 spiro atoms. The van der Waals surface area contributed by atoms with Gasteiger partial charge in [-0.25, -0.2) is 4.39 Å². The van der Waals surface area contributed by atoms with Gasteiger partial charge in [0.2, 0.25) is 0 Å². The van der Waals surface area contributed by atoms with E-state index in [-0.39, 0.29) is 10.6 Å². The van der Waals surface area contributed by atoms with Crippen molar-refractivity contribution >= 4 is 39.1 Å². The molecule has 2 rings (SSSR count). The zero-order valence-corrected chi connectivity index (χ0v) is 12.1. The van der Waals surface area contributed by atoms with E-state index in [1.807, 2.05) is 0 Å². The molecular weight excluding hydrogens is 342 g/mol. The molecule has 94 valence electrons. The largest absolute Gasteiger partial charge is 0.383 e. The molecule has 0 aliphatic heterocycles. The van der Waals surface area contributed by atoms with Gasteiger partial charge in [-0.15, -0.1) is 0 Å². The molecule has 0 saturated carbocycles. The summed E-state index contributed by atoms with van der Waals surface area (Å²) < 4.78 is 14.2. The fourth-order valence-corrected chi connectivity index (χ4v) is 2.63. The Bertz CT molecular complexity index is 569. The summed E-state index contributed by atoms with van der Waals surface area (Å²) in [6.07, 6.45) is -1.17. The van der Waals surface area contributed by atoms with Crippen molar-refractivity contribution in [3.63, 3.8) is 0 Å². The van der Waals surface area contributed by atoms with Crippen LogP contribution in [-0.2, 0) is 0 Å². The van der Waals surface area contributed by atoms with Gasteiger partial charge in [0.05, 0.1) is 10.0 Å². The second-order valence-electron chi connectivity index (χ2n) is 3.68. The average molecular weight is 350 g/mol.